The molecule has 0 aliphatic heterocycles. The van der Waals surface area contributed by atoms with Crippen molar-refractivity contribution in [3.63, 3.8) is 0 Å². The molecule has 2 nitrogen and oxygen atoms in total. The van der Waals surface area contributed by atoms with Gasteiger partial charge in [0.2, 0.25) is 0 Å². The average molecular weight is 215 g/mol. The number of benzene rings is 1. The first-order valence-electron chi connectivity index (χ1n) is 4.89. The molecule has 0 spiro atoms. The molecule has 0 unspecified atom stereocenters. The van der Waals surface area contributed by atoms with Gasteiger partial charge in [-0.25, -0.2) is 4.39 Å². The molecule has 0 bridgehead atoms. The summed E-state index contributed by atoms with van der Waals surface area (Å²) in [6.45, 7) is 1.49. The molecule has 16 heavy (non-hydrogen) atoms. The second-order valence-electron chi connectivity index (χ2n) is 3.49. The third-order valence-electron chi connectivity index (χ3n) is 2.35. The van der Waals surface area contributed by atoms with E-state index in [1.807, 2.05) is 0 Å². The Kier molecular flexibility index (Phi) is 2.77. The molecule has 0 saturated carbocycles. The number of pyridine rings is 1. The van der Waals surface area contributed by atoms with Crippen LogP contribution in [-0.2, 0) is 0 Å². The van der Waals surface area contributed by atoms with Crippen LogP contribution in [0.15, 0.2) is 42.7 Å². The third kappa shape index (κ3) is 1.98. The maximum absolute atomic E-state index is 13.5. The van der Waals surface area contributed by atoms with Crippen molar-refractivity contribution in [3.05, 3.63) is 54.1 Å². The van der Waals surface area contributed by atoms with E-state index in [1.54, 1.807) is 30.3 Å². The molecule has 0 radical (unpaired) electrons. The van der Waals surface area contributed by atoms with Crippen molar-refractivity contribution >= 4 is 5.78 Å². The molecule has 1 heterocycles. The highest BCUT2D eigenvalue weighted by Crippen LogP contribution is 2.22. The molecular formula is C13H10FNO. The van der Waals surface area contributed by atoms with Crippen LogP contribution in [0.4, 0.5) is 4.39 Å². The van der Waals surface area contributed by atoms with Crippen LogP contribution in [0.1, 0.15) is 17.3 Å². The summed E-state index contributed by atoms with van der Waals surface area (Å²) in [4.78, 5) is 14.9. The first-order valence-corrected chi connectivity index (χ1v) is 4.89. The molecule has 0 fully saturated rings. The van der Waals surface area contributed by atoms with E-state index in [0.29, 0.717) is 16.7 Å². The lowest BCUT2D eigenvalue weighted by molar-refractivity contribution is 0.101. The van der Waals surface area contributed by atoms with E-state index in [-0.39, 0.29) is 11.6 Å². The Labute approximate surface area is 92.8 Å². The van der Waals surface area contributed by atoms with Gasteiger partial charge in [-0.1, -0.05) is 18.2 Å². The van der Waals surface area contributed by atoms with E-state index in [9.17, 15) is 9.18 Å². The molecule has 0 saturated heterocycles. The van der Waals surface area contributed by atoms with Crippen LogP contribution in [0.5, 0.6) is 0 Å². The monoisotopic (exact) mass is 215 g/mol. The lowest BCUT2D eigenvalue weighted by atomic mass is 10.0. The van der Waals surface area contributed by atoms with Crippen LogP contribution in [0.25, 0.3) is 11.1 Å². The fourth-order valence-electron chi connectivity index (χ4n) is 1.52. The molecule has 3 heteroatoms. The summed E-state index contributed by atoms with van der Waals surface area (Å²) in [6.07, 6.45) is 2.69. The summed E-state index contributed by atoms with van der Waals surface area (Å²) < 4.78 is 13.5. The summed E-state index contributed by atoms with van der Waals surface area (Å²) in [5, 5.41) is 0. The van der Waals surface area contributed by atoms with Crippen molar-refractivity contribution < 1.29 is 9.18 Å². The summed E-state index contributed by atoms with van der Waals surface area (Å²) in [7, 11) is 0. The number of carbonyl (C=O) groups excluding carboxylic acids is 1. The van der Waals surface area contributed by atoms with E-state index in [1.165, 1.54) is 13.1 Å². The van der Waals surface area contributed by atoms with E-state index < -0.39 is 0 Å². The van der Waals surface area contributed by atoms with Gasteiger partial charge in [0.1, 0.15) is 5.82 Å². The molecule has 1 aromatic carbocycles. The highest BCUT2D eigenvalue weighted by atomic mass is 19.1. The number of aromatic nitrogens is 1. The Hall–Kier alpha value is -2.03. The van der Waals surface area contributed by atoms with Crippen molar-refractivity contribution in [1.82, 2.24) is 4.98 Å². The molecule has 0 atom stereocenters. The Morgan fingerprint density at radius 2 is 2.12 bits per heavy atom. The SMILES string of the molecule is CC(=O)c1cccc(-c2ccncc2F)c1. The first kappa shape index (κ1) is 10.5. The second-order valence-corrected chi connectivity index (χ2v) is 3.49. The molecule has 0 amide bonds. The van der Waals surface area contributed by atoms with E-state index in [0.717, 1.165) is 6.20 Å². The standard InChI is InChI=1S/C13H10FNO/c1-9(16)10-3-2-4-11(7-10)12-5-6-15-8-13(12)14/h2-8H,1H3. The summed E-state index contributed by atoms with van der Waals surface area (Å²) in [5.41, 5.74) is 1.72. The van der Waals surface area contributed by atoms with E-state index >= 15 is 0 Å². The molecule has 0 aliphatic rings. The fraction of sp³-hybridized carbons (Fsp3) is 0.0769. The number of halogens is 1. The van der Waals surface area contributed by atoms with Crippen molar-refractivity contribution in [2.45, 2.75) is 6.92 Å². The molecule has 1 aromatic heterocycles. The molecule has 0 aliphatic carbocycles. The number of carbonyl (C=O) groups is 1. The number of Topliss-reactive ketones (excluding diaryl/α,β-unsaturated/α-hetero) is 1. The number of hydrogen-bond acceptors (Lipinski definition) is 2. The second kappa shape index (κ2) is 4.23. The minimum atomic E-state index is -0.386. The molecular weight excluding hydrogens is 205 g/mol. The summed E-state index contributed by atoms with van der Waals surface area (Å²) >= 11 is 0. The van der Waals surface area contributed by atoms with Gasteiger partial charge in [-0.3, -0.25) is 9.78 Å². The largest absolute Gasteiger partial charge is 0.295 e. The fourth-order valence-corrected chi connectivity index (χ4v) is 1.52. The van der Waals surface area contributed by atoms with E-state index in [2.05, 4.69) is 4.98 Å². The Morgan fingerprint density at radius 1 is 1.31 bits per heavy atom. The van der Waals surface area contributed by atoms with Gasteiger partial charge in [0, 0.05) is 17.3 Å². The average Bonchev–Trinajstić information content (AvgIpc) is 2.30. The van der Waals surface area contributed by atoms with Gasteiger partial charge >= 0.3 is 0 Å². The summed E-state index contributed by atoms with van der Waals surface area (Å²) in [6, 6.07) is 8.50. The van der Waals surface area contributed by atoms with Crippen LogP contribution in [-0.4, -0.2) is 10.8 Å². The topological polar surface area (TPSA) is 30.0 Å². The van der Waals surface area contributed by atoms with Crippen LogP contribution >= 0.6 is 0 Å². The smallest absolute Gasteiger partial charge is 0.159 e. The van der Waals surface area contributed by atoms with Gasteiger partial charge in [-0.15, -0.1) is 0 Å². The number of ketones is 1. The lowest BCUT2D eigenvalue weighted by Crippen LogP contribution is -1.93. The molecule has 2 rings (SSSR count). The Bertz CT molecular complexity index is 537. The van der Waals surface area contributed by atoms with Gasteiger partial charge in [-0.2, -0.15) is 0 Å². The highest BCUT2D eigenvalue weighted by Gasteiger charge is 2.06. The van der Waals surface area contributed by atoms with Crippen LogP contribution in [0.3, 0.4) is 0 Å². The van der Waals surface area contributed by atoms with Gasteiger partial charge in [0.15, 0.2) is 5.78 Å². The minimum absolute atomic E-state index is 0.0312. The molecule has 0 N–H and O–H groups in total. The van der Waals surface area contributed by atoms with Crippen molar-refractivity contribution in [2.75, 3.05) is 0 Å². The van der Waals surface area contributed by atoms with Gasteiger partial charge < -0.3 is 0 Å². The molecule has 2 aromatic rings. The number of rotatable bonds is 2. The van der Waals surface area contributed by atoms with Crippen molar-refractivity contribution in [3.8, 4) is 11.1 Å². The normalized spacial score (nSPS) is 10.1. The Balaban J connectivity index is 2.53. The number of nitrogens with zero attached hydrogens (tertiary/aromatic N) is 1. The van der Waals surface area contributed by atoms with Crippen LogP contribution in [0, 0.1) is 5.82 Å². The van der Waals surface area contributed by atoms with Crippen molar-refractivity contribution in [1.29, 1.82) is 0 Å². The quantitative estimate of drug-likeness (QED) is 0.720. The van der Waals surface area contributed by atoms with Crippen LogP contribution in [0.2, 0.25) is 0 Å². The summed E-state index contributed by atoms with van der Waals surface area (Å²) in [5.74, 6) is -0.417. The Morgan fingerprint density at radius 3 is 2.81 bits per heavy atom. The van der Waals surface area contributed by atoms with Gasteiger partial charge in [-0.05, 0) is 24.6 Å². The zero-order valence-corrected chi connectivity index (χ0v) is 8.77. The first-order chi connectivity index (χ1) is 7.68. The predicted octanol–water partition coefficient (Wildman–Crippen LogP) is 3.09. The molecule has 80 valence electrons. The lowest BCUT2D eigenvalue weighted by Gasteiger charge is -2.04. The number of hydrogen-bond donors (Lipinski definition) is 0. The predicted molar refractivity (Wildman–Crippen MR) is 59.6 cm³/mol. The van der Waals surface area contributed by atoms with Crippen molar-refractivity contribution in [2.24, 2.45) is 0 Å². The maximum Gasteiger partial charge on any atom is 0.159 e. The van der Waals surface area contributed by atoms with E-state index in [4.69, 9.17) is 0 Å². The van der Waals surface area contributed by atoms with Gasteiger partial charge in [0.05, 0.1) is 6.20 Å². The third-order valence-corrected chi connectivity index (χ3v) is 2.35. The minimum Gasteiger partial charge on any atom is -0.295 e. The van der Waals surface area contributed by atoms with Gasteiger partial charge in [0.25, 0.3) is 0 Å². The zero-order valence-electron chi connectivity index (χ0n) is 8.77. The highest BCUT2D eigenvalue weighted by molar-refractivity contribution is 5.95. The maximum atomic E-state index is 13.5. The van der Waals surface area contributed by atoms with Crippen LogP contribution < -0.4 is 0 Å². The zero-order chi connectivity index (χ0) is 11.5.